The van der Waals surface area contributed by atoms with Crippen LogP contribution in [0.2, 0.25) is 0 Å². The first-order chi connectivity index (χ1) is 13.1. The zero-order valence-corrected chi connectivity index (χ0v) is 16.2. The molecule has 0 saturated carbocycles. The van der Waals surface area contributed by atoms with Crippen LogP contribution in [0.4, 0.5) is 4.39 Å². The van der Waals surface area contributed by atoms with Gasteiger partial charge in [0.05, 0.1) is 7.11 Å². The molecule has 0 aliphatic rings. The Morgan fingerprint density at radius 3 is 2.48 bits per heavy atom. The van der Waals surface area contributed by atoms with Crippen LogP contribution in [0.25, 0.3) is 6.08 Å². The summed E-state index contributed by atoms with van der Waals surface area (Å²) in [5.41, 5.74) is 2.91. The molecule has 0 atom stereocenters. The quantitative estimate of drug-likeness (QED) is 0.678. The van der Waals surface area contributed by atoms with Gasteiger partial charge in [0.25, 0.3) is 0 Å². The van der Waals surface area contributed by atoms with E-state index in [1.807, 2.05) is 18.2 Å². The number of ether oxygens (including phenoxy) is 1. The van der Waals surface area contributed by atoms with E-state index in [1.54, 1.807) is 12.1 Å². The fourth-order valence-corrected chi connectivity index (χ4v) is 2.77. The summed E-state index contributed by atoms with van der Waals surface area (Å²) in [6.45, 7) is 7.57. The number of hydrogen-bond acceptors (Lipinski definition) is 3. The van der Waals surface area contributed by atoms with Crippen molar-refractivity contribution < 1.29 is 13.9 Å². The Hall–Kier alpha value is -2.66. The molecule has 0 saturated heterocycles. The number of halogens is 1. The van der Waals surface area contributed by atoms with Gasteiger partial charge in [-0.3, -0.25) is 9.69 Å². The van der Waals surface area contributed by atoms with Crippen LogP contribution in [0.5, 0.6) is 5.75 Å². The zero-order chi connectivity index (χ0) is 19.6. The molecule has 144 valence electrons. The lowest BCUT2D eigenvalue weighted by Crippen LogP contribution is -2.25. The minimum Gasteiger partial charge on any atom is -0.494 e. The summed E-state index contributed by atoms with van der Waals surface area (Å²) >= 11 is 0. The van der Waals surface area contributed by atoms with E-state index < -0.39 is 5.82 Å². The minimum atomic E-state index is -0.453. The molecule has 2 aromatic rings. The third kappa shape index (κ3) is 6.22. The highest BCUT2D eigenvalue weighted by Crippen LogP contribution is 2.18. The standard InChI is InChI=1S/C22H27FN2O2/c1-4-25(5-2)16-19-9-7-6-8-18(19)15-24-22(26)13-11-17-10-12-21(27-3)20(23)14-17/h6-14H,4-5,15-16H2,1-3H3,(H,24,26). The molecular formula is C22H27FN2O2. The van der Waals surface area contributed by atoms with Gasteiger partial charge in [-0.05, 0) is 48.0 Å². The van der Waals surface area contributed by atoms with Crippen molar-refractivity contribution in [3.63, 3.8) is 0 Å². The Morgan fingerprint density at radius 1 is 1.15 bits per heavy atom. The van der Waals surface area contributed by atoms with Gasteiger partial charge in [-0.1, -0.05) is 44.2 Å². The van der Waals surface area contributed by atoms with Crippen LogP contribution >= 0.6 is 0 Å². The number of hydrogen-bond donors (Lipinski definition) is 1. The Balaban J connectivity index is 1.96. The van der Waals surface area contributed by atoms with Gasteiger partial charge in [-0.2, -0.15) is 0 Å². The van der Waals surface area contributed by atoms with Gasteiger partial charge in [0, 0.05) is 19.2 Å². The van der Waals surface area contributed by atoms with Crippen LogP contribution in [0, 0.1) is 5.82 Å². The average Bonchev–Trinajstić information content (AvgIpc) is 2.69. The van der Waals surface area contributed by atoms with Crippen molar-refractivity contribution in [1.82, 2.24) is 10.2 Å². The molecule has 0 aliphatic heterocycles. The Labute approximate surface area is 160 Å². The molecule has 27 heavy (non-hydrogen) atoms. The number of methoxy groups -OCH3 is 1. The lowest BCUT2D eigenvalue weighted by Gasteiger charge is -2.20. The van der Waals surface area contributed by atoms with Gasteiger partial charge in [-0.25, -0.2) is 4.39 Å². The van der Waals surface area contributed by atoms with Gasteiger partial charge in [0.2, 0.25) is 5.91 Å². The van der Waals surface area contributed by atoms with Crippen LogP contribution < -0.4 is 10.1 Å². The van der Waals surface area contributed by atoms with Crippen LogP contribution in [0.1, 0.15) is 30.5 Å². The first-order valence-electron chi connectivity index (χ1n) is 9.16. The van der Waals surface area contributed by atoms with E-state index in [9.17, 15) is 9.18 Å². The molecule has 0 aliphatic carbocycles. The molecule has 0 bridgehead atoms. The molecule has 4 nitrogen and oxygen atoms in total. The van der Waals surface area contributed by atoms with Crippen LogP contribution in [-0.2, 0) is 17.9 Å². The highest BCUT2D eigenvalue weighted by Gasteiger charge is 2.07. The Morgan fingerprint density at radius 2 is 1.85 bits per heavy atom. The van der Waals surface area contributed by atoms with E-state index in [0.717, 1.165) is 25.2 Å². The van der Waals surface area contributed by atoms with Crippen molar-refractivity contribution in [2.45, 2.75) is 26.9 Å². The lowest BCUT2D eigenvalue weighted by molar-refractivity contribution is -0.116. The third-order valence-corrected chi connectivity index (χ3v) is 4.46. The SMILES string of the molecule is CCN(CC)Cc1ccccc1CNC(=O)C=Cc1ccc(OC)c(F)c1. The second kappa shape index (κ2) is 10.5. The number of rotatable bonds is 9. The monoisotopic (exact) mass is 370 g/mol. The molecule has 0 unspecified atom stereocenters. The Kier molecular flexibility index (Phi) is 8.01. The topological polar surface area (TPSA) is 41.6 Å². The first kappa shape index (κ1) is 20.6. The summed E-state index contributed by atoms with van der Waals surface area (Å²) in [5, 5.41) is 2.89. The maximum absolute atomic E-state index is 13.7. The number of carbonyl (C=O) groups is 1. The van der Waals surface area contributed by atoms with Crippen molar-refractivity contribution >= 4 is 12.0 Å². The van der Waals surface area contributed by atoms with Crippen molar-refractivity contribution in [2.24, 2.45) is 0 Å². The number of nitrogens with zero attached hydrogens (tertiary/aromatic N) is 1. The maximum Gasteiger partial charge on any atom is 0.244 e. The summed E-state index contributed by atoms with van der Waals surface area (Å²) in [6.07, 6.45) is 2.99. The number of amides is 1. The normalized spacial score (nSPS) is 11.1. The largest absolute Gasteiger partial charge is 0.494 e. The summed E-state index contributed by atoms with van der Waals surface area (Å²) in [6, 6.07) is 12.7. The van der Waals surface area contributed by atoms with E-state index in [1.165, 1.54) is 30.9 Å². The average molecular weight is 370 g/mol. The molecule has 0 fully saturated rings. The summed E-state index contributed by atoms with van der Waals surface area (Å²) in [7, 11) is 1.42. The highest BCUT2D eigenvalue weighted by molar-refractivity contribution is 5.91. The van der Waals surface area contributed by atoms with Crippen molar-refractivity contribution in [1.29, 1.82) is 0 Å². The number of benzene rings is 2. The highest BCUT2D eigenvalue weighted by atomic mass is 19.1. The predicted molar refractivity (Wildman–Crippen MR) is 107 cm³/mol. The summed E-state index contributed by atoms with van der Waals surface area (Å²) in [5.74, 6) is -0.490. The fourth-order valence-electron chi connectivity index (χ4n) is 2.77. The number of carbonyl (C=O) groups excluding carboxylic acids is 1. The van der Waals surface area contributed by atoms with Crippen molar-refractivity contribution in [3.8, 4) is 5.75 Å². The predicted octanol–water partition coefficient (Wildman–Crippen LogP) is 4.01. The molecule has 2 aromatic carbocycles. The molecule has 0 heterocycles. The van der Waals surface area contributed by atoms with E-state index in [4.69, 9.17) is 4.74 Å². The molecule has 1 amide bonds. The van der Waals surface area contributed by atoms with E-state index in [2.05, 4.69) is 30.1 Å². The van der Waals surface area contributed by atoms with E-state index in [-0.39, 0.29) is 11.7 Å². The van der Waals surface area contributed by atoms with E-state index >= 15 is 0 Å². The fraction of sp³-hybridized carbons (Fsp3) is 0.318. The van der Waals surface area contributed by atoms with Crippen LogP contribution in [-0.4, -0.2) is 31.0 Å². The van der Waals surface area contributed by atoms with E-state index in [0.29, 0.717) is 12.1 Å². The second-order valence-corrected chi connectivity index (χ2v) is 6.18. The molecule has 2 rings (SSSR count). The third-order valence-electron chi connectivity index (χ3n) is 4.46. The Bertz CT molecular complexity index is 786. The maximum atomic E-state index is 13.7. The molecule has 0 spiro atoms. The van der Waals surface area contributed by atoms with Gasteiger partial charge in [-0.15, -0.1) is 0 Å². The zero-order valence-electron chi connectivity index (χ0n) is 16.2. The van der Waals surface area contributed by atoms with Gasteiger partial charge in [0.1, 0.15) is 0 Å². The second-order valence-electron chi connectivity index (χ2n) is 6.18. The van der Waals surface area contributed by atoms with Gasteiger partial charge < -0.3 is 10.1 Å². The smallest absolute Gasteiger partial charge is 0.244 e. The summed E-state index contributed by atoms with van der Waals surface area (Å²) in [4.78, 5) is 14.4. The molecule has 0 radical (unpaired) electrons. The molecular weight excluding hydrogens is 343 g/mol. The molecule has 0 aromatic heterocycles. The first-order valence-corrected chi connectivity index (χ1v) is 9.16. The van der Waals surface area contributed by atoms with Gasteiger partial charge >= 0.3 is 0 Å². The lowest BCUT2D eigenvalue weighted by atomic mass is 10.1. The van der Waals surface area contributed by atoms with Gasteiger partial charge in [0.15, 0.2) is 11.6 Å². The minimum absolute atomic E-state index is 0.182. The molecule has 1 N–H and O–H groups in total. The van der Waals surface area contributed by atoms with Crippen LogP contribution in [0.15, 0.2) is 48.5 Å². The molecule has 5 heteroatoms. The van der Waals surface area contributed by atoms with Crippen molar-refractivity contribution in [2.75, 3.05) is 20.2 Å². The number of nitrogens with one attached hydrogen (secondary N) is 1. The van der Waals surface area contributed by atoms with Crippen LogP contribution in [0.3, 0.4) is 0 Å². The summed E-state index contributed by atoms with van der Waals surface area (Å²) < 4.78 is 18.6. The van der Waals surface area contributed by atoms with Crippen molar-refractivity contribution in [3.05, 3.63) is 71.0 Å².